The highest BCUT2D eigenvalue weighted by Crippen LogP contribution is 2.18. The van der Waals surface area contributed by atoms with Gasteiger partial charge in [-0.25, -0.2) is 0 Å². The topological polar surface area (TPSA) is 54.0 Å². The lowest BCUT2D eigenvalue weighted by Crippen LogP contribution is -2.26. The summed E-state index contributed by atoms with van der Waals surface area (Å²) in [5.41, 5.74) is 3.17. The van der Waals surface area contributed by atoms with Crippen molar-refractivity contribution in [2.75, 3.05) is 10.6 Å². The van der Waals surface area contributed by atoms with Crippen molar-refractivity contribution < 1.29 is 4.79 Å². The highest BCUT2D eigenvalue weighted by molar-refractivity contribution is 6.03. The molecule has 4 nitrogen and oxygen atoms in total. The molecule has 0 bridgehead atoms. The number of aromatic nitrogens is 1. The molecule has 0 spiro atoms. The van der Waals surface area contributed by atoms with Gasteiger partial charge in [-0.15, -0.1) is 0 Å². The Hall–Kier alpha value is -2.36. The van der Waals surface area contributed by atoms with E-state index in [1.807, 2.05) is 30.3 Å². The molecule has 2 rings (SSSR count). The van der Waals surface area contributed by atoms with Gasteiger partial charge in [-0.2, -0.15) is 0 Å². The Kier molecular flexibility index (Phi) is 4.81. The molecular weight excluding hydrogens is 274 g/mol. The molecule has 0 fully saturated rings. The van der Waals surface area contributed by atoms with Crippen LogP contribution in [0.25, 0.3) is 0 Å². The normalized spacial score (nSPS) is 11.1. The lowest BCUT2D eigenvalue weighted by Gasteiger charge is -2.22. The number of amides is 1. The molecule has 4 heteroatoms. The molecule has 1 aromatic carbocycles. The minimum absolute atomic E-state index is 0.0656. The van der Waals surface area contributed by atoms with Crippen molar-refractivity contribution in [1.82, 2.24) is 4.98 Å². The number of nitrogens with zero attached hydrogens (tertiary/aromatic N) is 1. The molecule has 22 heavy (non-hydrogen) atoms. The number of anilines is 2. The van der Waals surface area contributed by atoms with Crippen molar-refractivity contribution >= 4 is 17.3 Å². The molecule has 0 aliphatic heterocycles. The molecule has 0 saturated carbocycles. The summed E-state index contributed by atoms with van der Waals surface area (Å²) in [4.78, 5) is 16.6. The number of benzene rings is 1. The number of hydrogen-bond donors (Lipinski definition) is 2. The Bertz CT molecular complexity index is 659. The van der Waals surface area contributed by atoms with Crippen LogP contribution in [-0.2, 0) is 6.42 Å². The molecule has 116 valence electrons. The van der Waals surface area contributed by atoms with Crippen LogP contribution in [0, 0.1) is 0 Å². The summed E-state index contributed by atoms with van der Waals surface area (Å²) in [7, 11) is 0. The third kappa shape index (κ3) is 4.32. The fourth-order valence-corrected chi connectivity index (χ4v) is 2.20. The zero-order valence-corrected chi connectivity index (χ0v) is 13.6. The number of para-hydroxylation sites is 1. The van der Waals surface area contributed by atoms with Crippen molar-refractivity contribution in [3.63, 3.8) is 0 Å². The van der Waals surface area contributed by atoms with Crippen molar-refractivity contribution in [1.29, 1.82) is 0 Å². The van der Waals surface area contributed by atoms with Gasteiger partial charge in [0, 0.05) is 23.1 Å². The van der Waals surface area contributed by atoms with E-state index in [0.29, 0.717) is 5.69 Å². The van der Waals surface area contributed by atoms with Crippen molar-refractivity contribution in [2.45, 2.75) is 39.7 Å². The van der Waals surface area contributed by atoms with Gasteiger partial charge in [0.2, 0.25) is 0 Å². The molecule has 0 radical (unpaired) electrons. The summed E-state index contributed by atoms with van der Waals surface area (Å²) in [5, 5.41) is 6.28. The fraction of sp³-hybridized carbons (Fsp3) is 0.333. The van der Waals surface area contributed by atoms with Crippen LogP contribution >= 0.6 is 0 Å². The zero-order chi connectivity index (χ0) is 16.2. The molecule has 1 aromatic heterocycles. The van der Waals surface area contributed by atoms with Gasteiger partial charge in [-0.1, -0.05) is 25.1 Å². The van der Waals surface area contributed by atoms with Crippen molar-refractivity contribution in [3.8, 4) is 0 Å². The maximum Gasteiger partial charge on any atom is 0.274 e. The maximum atomic E-state index is 12.4. The second kappa shape index (κ2) is 6.60. The second-order valence-electron chi connectivity index (χ2n) is 6.27. The quantitative estimate of drug-likeness (QED) is 0.893. The first-order valence-electron chi connectivity index (χ1n) is 7.52. The van der Waals surface area contributed by atoms with E-state index in [0.717, 1.165) is 23.4 Å². The largest absolute Gasteiger partial charge is 0.380 e. The summed E-state index contributed by atoms with van der Waals surface area (Å²) in [6.07, 6.45) is 2.52. The molecule has 0 aliphatic carbocycles. The van der Waals surface area contributed by atoms with Crippen LogP contribution in [0.15, 0.2) is 42.6 Å². The Morgan fingerprint density at radius 2 is 1.91 bits per heavy atom. The van der Waals surface area contributed by atoms with E-state index in [1.165, 1.54) is 0 Å². The van der Waals surface area contributed by atoms with Gasteiger partial charge in [-0.05, 0) is 51.0 Å². The van der Waals surface area contributed by atoms with E-state index in [1.54, 1.807) is 12.3 Å². The van der Waals surface area contributed by atoms with E-state index in [9.17, 15) is 4.79 Å². The van der Waals surface area contributed by atoms with Crippen LogP contribution in [0.2, 0.25) is 0 Å². The molecule has 0 atom stereocenters. The van der Waals surface area contributed by atoms with E-state index >= 15 is 0 Å². The minimum Gasteiger partial charge on any atom is -0.380 e. The number of hydrogen-bond acceptors (Lipinski definition) is 3. The van der Waals surface area contributed by atoms with E-state index in [4.69, 9.17) is 0 Å². The average molecular weight is 297 g/mol. The third-order valence-corrected chi connectivity index (χ3v) is 3.16. The first-order valence-corrected chi connectivity index (χ1v) is 7.52. The van der Waals surface area contributed by atoms with E-state index in [-0.39, 0.29) is 11.4 Å². The third-order valence-electron chi connectivity index (χ3n) is 3.16. The molecule has 0 aliphatic rings. The smallest absolute Gasteiger partial charge is 0.274 e. The Labute approximate surface area is 132 Å². The number of aryl methyl sites for hydroxylation is 1. The monoisotopic (exact) mass is 297 g/mol. The minimum atomic E-state index is -0.196. The highest BCUT2D eigenvalue weighted by atomic mass is 16.1. The molecule has 1 amide bonds. The maximum absolute atomic E-state index is 12.4. The zero-order valence-electron chi connectivity index (χ0n) is 13.6. The standard InChI is InChI=1S/C18H23N3O/c1-5-13-8-6-7-9-15(13)20-17(22)16-12-14(10-11-19-16)21-18(2,3)4/h6-12H,5H2,1-4H3,(H,19,21)(H,20,22). The summed E-state index contributed by atoms with van der Waals surface area (Å²) in [6, 6.07) is 11.5. The SMILES string of the molecule is CCc1ccccc1NC(=O)c1cc(NC(C)(C)C)ccn1. The Balaban J connectivity index is 2.18. The number of pyridine rings is 1. The van der Waals surface area contributed by atoms with E-state index in [2.05, 4.69) is 43.3 Å². The average Bonchev–Trinajstić information content (AvgIpc) is 2.46. The molecule has 2 aromatic rings. The van der Waals surface area contributed by atoms with Gasteiger partial charge in [0.05, 0.1) is 0 Å². The summed E-state index contributed by atoms with van der Waals surface area (Å²) < 4.78 is 0. The number of carbonyl (C=O) groups excluding carboxylic acids is 1. The van der Waals surface area contributed by atoms with Crippen molar-refractivity contribution in [3.05, 3.63) is 53.9 Å². The molecule has 2 N–H and O–H groups in total. The number of rotatable bonds is 4. The lowest BCUT2D eigenvalue weighted by molar-refractivity contribution is 0.102. The lowest BCUT2D eigenvalue weighted by atomic mass is 10.1. The van der Waals surface area contributed by atoms with Gasteiger partial charge in [0.1, 0.15) is 5.69 Å². The first-order chi connectivity index (χ1) is 10.4. The number of nitrogens with one attached hydrogen (secondary N) is 2. The van der Waals surface area contributed by atoms with Gasteiger partial charge in [0.25, 0.3) is 5.91 Å². The Morgan fingerprint density at radius 1 is 1.18 bits per heavy atom. The van der Waals surface area contributed by atoms with Crippen LogP contribution in [0.1, 0.15) is 43.7 Å². The van der Waals surface area contributed by atoms with Crippen molar-refractivity contribution in [2.24, 2.45) is 0 Å². The predicted octanol–water partition coefficient (Wildman–Crippen LogP) is 4.11. The van der Waals surface area contributed by atoms with Crippen LogP contribution in [0.3, 0.4) is 0 Å². The molecule has 0 unspecified atom stereocenters. The number of carbonyl (C=O) groups is 1. The van der Waals surface area contributed by atoms with Crippen LogP contribution in [0.4, 0.5) is 11.4 Å². The van der Waals surface area contributed by atoms with Crippen LogP contribution < -0.4 is 10.6 Å². The molecule has 1 heterocycles. The van der Waals surface area contributed by atoms with Gasteiger partial charge >= 0.3 is 0 Å². The van der Waals surface area contributed by atoms with E-state index < -0.39 is 0 Å². The molecular formula is C18H23N3O. The first kappa shape index (κ1) is 16.0. The van der Waals surface area contributed by atoms with Crippen LogP contribution in [0.5, 0.6) is 0 Å². The summed E-state index contributed by atoms with van der Waals surface area (Å²) >= 11 is 0. The molecule has 0 saturated heterocycles. The summed E-state index contributed by atoms with van der Waals surface area (Å²) in [5.74, 6) is -0.196. The fourth-order valence-electron chi connectivity index (χ4n) is 2.20. The van der Waals surface area contributed by atoms with Crippen LogP contribution in [-0.4, -0.2) is 16.4 Å². The van der Waals surface area contributed by atoms with Gasteiger partial charge < -0.3 is 10.6 Å². The van der Waals surface area contributed by atoms with Gasteiger partial charge in [-0.3, -0.25) is 9.78 Å². The van der Waals surface area contributed by atoms with Gasteiger partial charge in [0.15, 0.2) is 0 Å². The predicted molar refractivity (Wildman–Crippen MR) is 91.4 cm³/mol. The second-order valence-corrected chi connectivity index (χ2v) is 6.27. The highest BCUT2D eigenvalue weighted by Gasteiger charge is 2.13. The Morgan fingerprint density at radius 3 is 2.59 bits per heavy atom. The summed E-state index contributed by atoms with van der Waals surface area (Å²) in [6.45, 7) is 8.29.